The number of methoxy groups -OCH3 is 1. The van der Waals surface area contributed by atoms with E-state index in [0.717, 1.165) is 34.5 Å². The Balaban J connectivity index is 1.48. The van der Waals surface area contributed by atoms with Gasteiger partial charge in [-0.2, -0.15) is 0 Å². The lowest BCUT2D eigenvalue weighted by Crippen LogP contribution is -2.50. The fourth-order valence-corrected chi connectivity index (χ4v) is 5.02. The van der Waals surface area contributed by atoms with Crippen LogP contribution in [0.1, 0.15) is 17.9 Å². The fraction of sp³-hybridized carbons (Fsp3) is 0.300. The number of anilines is 1. The van der Waals surface area contributed by atoms with Crippen LogP contribution in [-0.4, -0.2) is 30.7 Å². The van der Waals surface area contributed by atoms with Gasteiger partial charge in [-0.15, -0.1) is 0 Å². The lowest BCUT2D eigenvalue weighted by Gasteiger charge is -2.32. The Morgan fingerprint density at radius 2 is 2.11 bits per heavy atom. The molecule has 2 N–H and O–H groups in total. The number of fused-ring (bicyclic) bond motifs is 2. The number of aromatic nitrogens is 1. The van der Waals surface area contributed by atoms with Gasteiger partial charge in [0.25, 0.3) is 0 Å². The third-order valence-electron chi connectivity index (χ3n) is 5.38. The van der Waals surface area contributed by atoms with Crippen LogP contribution in [0.4, 0.5) is 5.13 Å². The largest absolute Gasteiger partial charge is 0.497 e. The van der Waals surface area contributed by atoms with Crippen LogP contribution in [0.3, 0.4) is 0 Å². The normalized spacial score (nSPS) is 25.0. The quantitative estimate of drug-likeness (QED) is 0.731. The van der Waals surface area contributed by atoms with Crippen LogP contribution >= 0.6 is 11.3 Å². The van der Waals surface area contributed by atoms with E-state index in [1.165, 1.54) is 11.3 Å². The maximum Gasteiger partial charge on any atom is 0.250 e. The molecule has 2 saturated heterocycles. The number of nitrogens with zero attached hydrogens (tertiary/aromatic N) is 2. The lowest BCUT2D eigenvalue weighted by atomic mass is 9.79. The molecule has 2 aliphatic heterocycles. The van der Waals surface area contributed by atoms with Crippen molar-refractivity contribution in [2.45, 2.75) is 18.5 Å². The van der Waals surface area contributed by atoms with Gasteiger partial charge >= 0.3 is 0 Å². The molecule has 0 bridgehead atoms. The summed E-state index contributed by atoms with van der Waals surface area (Å²) in [7, 11) is 1.67. The zero-order valence-corrected chi connectivity index (χ0v) is 15.7. The number of ether oxygens (including phenoxy) is 1. The number of para-hydroxylation sites is 1. The smallest absolute Gasteiger partial charge is 0.250 e. The summed E-state index contributed by atoms with van der Waals surface area (Å²) in [5.41, 5.74) is 5.40. The first kappa shape index (κ1) is 16.7. The zero-order chi connectivity index (χ0) is 18.4. The molecular weight excluding hydrogens is 360 g/mol. The molecule has 3 heterocycles. The molecule has 6 nitrogen and oxygen atoms in total. The number of hydrogen-bond donors (Lipinski definition) is 2. The van der Waals surface area contributed by atoms with Crippen LogP contribution in [0, 0.1) is 5.92 Å². The molecule has 0 spiro atoms. The average molecular weight is 380 g/mol. The molecule has 2 fully saturated rings. The SMILES string of the molecule is COc1cccc(C2CCNC3NN(c4nc5ccccc5s4)C(=O)C32)c1. The van der Waals surface area contributed by atoms with Gasteiger partial charge in [-0.1, -0.05) is 35.6 Å². The number of carbonyl (C=O) groups excluding carboxylic acids is 1. The number of rotatable bonds is 3. The number of amides is 1. The number of thiazole rings is 1. The Labute approximate surface area is 161 Å². The van der Waals surface area contributed by atoms with Crippen molar-refractivity contribution in [1.82, 2.24) is 15.7 Å². The topological polar surface area (TPSA) is 66.5 Å². The first-order chi connectivity index (χ1) is 13.2. The highest BCUT2D eigenvalue weighted by Gasteiger charge is 2.48. The van der Waals surface area contributed by atoms with Crippen molar-refractivity contribution in [1.29, 1.82) is 0 Å². The van der Waals surface area contributed by atoms with Gasteiger partial charge in [0.2, 0.25) is 11.0 Å². The lowest BCUT2D eigenvalue weighted by molar-refractivity contribution is -0.121. The molecule has 5 rings (SSSR count). The maximum absolute atomic E-state index is 13.3. The second-order valence-corrected chi connectivity index (χ2v) is 7.91. The Kier molecular flexibility index (Phi) is 4.07. The molecule has 3 aromatic rings. The van der Waals surface area contributed by atoms with Gasteiger partial charge in [-0.05, 0) is 48.7 Å². The standard InChI is InChI=1S/C20H20N4O2S/c1-26-13-6-4-5-12(11-13)14-9-10-21-18-17(14)19(25)24(23-18)20-22-15-7-2-3-8-16(15)27-20/h2-8,11,14,17-18,21,23H,9-10H2,1H3. The van der Waals surface area contributed by atoms with Crippen molar-refractivity contribution in [3.63, 3.8) is 0 Å². The second-order valence-electron chi connectivity index (χ2n) is 6.90. The second kappa shape index (κ2) is 6.60. The highest BCUT2D eigenvalue weighted by Crippen LogP contribution is 2.40. The first-order valence-corrected chi connectivity index (χ1v) is 9.89. The molecule has 27 heavy (non-hydrogen) atoms. The summed E-state index contributed by atoms with van der Waals surface area (Å²) in [4.78, 5) is 18.0. The zero-order valence-electron chi connectivity index (χ0n) is 14.9. The Hall–Kier alpha value is -2.48. The molecule has 2 aliphatic rings. The molecule has 1 amide bonds. The van der Waals surface area contributed by atoms with Crippen molar-refractivity contribution in [3.05, 3.63) is 54.1 Å². The highest BCUT2D eigenvalue weighted by molar-refractivity contribution is 7.22. The predicted octanol–water partition coefficient (Wildman–Crippen LogP) is 2.88. The van der Waals surface area contributed by atoms with E-state index >= 15 is 0 Å². The minimum atomic E-state index is -0.169. The monoisotopic (exact) mass is 380 g/mol. The van der Waals surface area contributed by atoms with Crippen LogP contribution in [0.2, 0.25) is 0 Å². The first-order valence-electron chi connectivity index (χ1n) is 9.07. The molecule has 3 atom stereocenters. The predicted molar refractivity (Wildman–Crippen MR) is 106 cm³/mol. The van der Waals surface area contributed by atoms with Crippen LogP contribution in [0.25, 0.3) is 10.2 Å². The van der Waals surface area contributed by atoms with E-state index in [9.17, 15) is 4.79 Å². The summed E-state index contributed by atoms with van der Waals surface area (Å²) in [6, 6.07) is 16.0. The number of carbonyl (C=O) groups is 1. The van der Waals surface area contributed by atoms with E-state index in [1.807, 2.05) is 42.5 Å². The highest BCUT2D eigenvalue weighted by atomic mass is 32.1. The molecule has 7 heteroatoms. The van der Waals surface area contributed by atoms with Crippen molar-refractivity contribution >= 4 is 32.6 Å². The molecule has 3 unspecified atom stereocenters. The van der Waals surface area contributed by atoms with E-state index in [2.05, 4.69) is 21.8 Å². The van der Waals surface area contributed by atoms with Crippen LogP contribution in [0.5, 0.6) is 5.75 Å². The third kappa shape index (κ3) is 2.79. The number of benzene rings is 2. The molecule has 1 aromatic heterocycles. The molecule has 0 aliphatic carbocycles. The Morgan fingerprint density at radius 3 is 2.96 bits per heavy atom. The maximum atomic E-state index is 13.3. The molecule has 138 valence electrons. The van der Waals surface area contributed by atoms with Crippen molar-refractivity contribution in [2.24, 2.45) is 5.92 Å². The molecule has 0 radical (unpaired) electrons. The van der Waals surface area contributed by atoms with Gasteiger partial charge in [0.1, 0.15) is 5.75 Å². The Bertz CT molecular complexity index is 971. The van der Waals surface area contributed by atoms with E-state index in [4.69, 9.17) is 4.74 Å². The van der Waals surface area contributed by atoms with Crippen molar-refractivity contribution in [3.8, 4) is 5.75 Å². The number of piperidine rings is 1. The van der Waals surface area contributed by atoms with Gasteiger partial charge in [0.05, 0.1) is 29.4 Å². The summed E-state index contributed by atoms with van der Waals surface area (Å²) in [6.45, 7) is 0.858. The summed E-state index contributed by atoms with van der Waals surface area (Å²) in [6.07, 6.45) is 0.824. The summed E-state index contributed by atoms with van der Waals surface area (Å²) in [5.74, 6) is 0.867. The van der Waals surface area contributed by atoms with Gasteiger partial charge in [0, 0.05) is 0 Å². The van der Waals surface area contributed by atoms with E-state index < -0.39 is 0 Å². The minimum absolute atomic E-state index is 0.0686. The van der Waals surface area contributed by atoms with E-state index in [-0.39, 0.29) is 23.9 Å². The van der Waals surface area contributed by atoms with Gasteiger partial charge in [-0.3, -0.25) is 10.1 Å². The third-order valence-corrected chi connectivity index (χ3v) is 6.40. The van der Waals surface area contributed by atoms with Crippen LogP contribution in [-0.2, 0) is 4.79 Å². The van der Waals surface area contributed by atoms with E-state index in [1.54, 1.807) is 12.1 Å². The number of hydrazine groups is 1. The summed E-state index contributed by atoms with van der Waals surface area (Å²) < 4.78 is 6.45. The average Bonchev–Trinajstić information content (AvgIpc) is 3.29. The van der Waals surface area contributed by atoms with Crippen molar-refractivity contribution < 1.29 is 9.53 Å². The van der Waals surface area contributed by atoms with Gasteiger partial charge in [0.15, 0.2) is 0 Å². The number of hydrogen-bond acceptors (Lipinski definition) is 6. The minimum Gasteiger partial charge on any atom is -0.497 e. The van der Waals surface area contributed by atoms with Crippen LogP contribution < -0.4 is 20.5 Å². The summed E-state index contributed by atoms with van der Waals surface area (Å²) >= 11 is 1.53. The van der Waals surface area contributed by atoms with E-state index in [0.29, 0.717) is 5.13 Å². The molecule has 0 saturated carbocycles. The molecular formula is C20H20N4O2S. The van der Waals surface area contributed by atoms with Crippen molar-refractivity contribution in [2.75, 3.05) is 18.7 Å². The molecule has 2 aromatic carbocycles. The van der Waals surface area contributed by atoms with Gasteiger partial charge < -0.3 is 4.74 Å². The Morgan fingerprint density at radius 1 is 1.22 bits per heavy atom. The number of nitrogens with one attached hydrogen (secondary N) is 2. The van der Waals surface area contributed by atoms with Crippen LogP contribution in [0.15, 0.2) is 48.5 Å². The fourth-order valence-electron chi connectivity index (χ4n) is 4.08. The van der Waals surface area contributed by atoms with Gasteiger partial charge in [-0.25, -0.2) is 15.4 Å². The summed E-state index contributed by atoms with van der Waals surface area (Å²) in [5, 5.41) is 5.77.